The van der Waals surface area contributed by atoms with Crippen molar-refractivity contribution in [1.82, 2.24) is 10.3 Å². The zero-order chi connectivity index (χ0) is 16.3. The molecule has 1 aromatic carbocycles. The summed E-state index contributed by atoms with van der Waals surface area (Å²) in [5, 5.41) is 4.88. The molecule has 0 bridgehead atoms. The number of aromatic nitrogens is 1. The van der Waals surface area contributed by atoms with Crippen molar-refractivity contribution in [3.8, 4) is 0 Å². The second-order valence-corrected chi connectivity index (χ2v) is 7.65. The molecule has 0 saturated carbocycles. The summed E-state index contributed by atoms with van der Waals surface area (Å²) in [4.78, 5) is 4.90. The number of nitrogens with one attached hydrogen (secondary N) is 1. The van der Waals surface area contributed by atoms with E-state index in [1.807, 2.05) is 0 Å². The topological polar surface area (TPSA) is 24.9 Å². The van der Waals surface area contributed by atoms with Crippen LogP contribution in [-0.2, 0) is 18.4 Å². The third kappa shape index (κ3) is 4.07. The summed E-state index contributed by atoms with van der Waals surface area (Å²) in [5.41, 5.74) is 5.11. The van der Waals surface area contributed by atoms with Gasteiger partial charge < -0.3 is 5.32 Å². The van der Waals surface area contributed by atoms with Crippen molar-refractivity contribution in [3.05, 3.63) is 41.1 Å². The van der Waals surface area contributed by atoms with Crippen LogP contribution in [0.2, 0.25) is 0 Å². The van der Waals surface area contributed by atoms with Gasteiger partial charge in [-0.3, -0.25) is 4.98 Å². The average molecular weight is 298 g/mol. The molecular weight excluding hydrogens is 268 g/mol. The standard InChI is InChI=1S/C20H30N2/c1-7-15-8-9-18-17(10-15)16(13-21-12-14(2)3)11-19(22-18)20(4,5)6/h8-11,14,21H,7,12-13H2,1-6H3. The maximum atomic E-state index is 4.90. The minimum atomic E-state index is 0.0738. The molecule has 22 heavy (non-hydrogen) atoms. The van der Waals surface area contributed by atoms with Crippen molar-refractivity contribution in [2.24, 2.45) is 5.92 Å². The minimum absolute atomic E-state index is 0.0738. The maximum Gasteiger partial charge on any atom is 0.0709 e. The number of pyridine rings is 1. The zero-order valence-electron chi connectivity index (χ0n) is 15.0. The fraction of sp³-hybridized carbons (Fsp3) is 0.550. The molecule has 1 N–H and O–H groups in total. The van der Waals surface area contributed by atoms with E-state index in [1.165, 1.54) is 22.2 Å². The van der Waals surface area contributed by atoms with E-state index in [0.717, 1.165) is 25.0 Å². The Labute approximate surface area is 135 Å². The van der Waals surface area contributed by atoms with Gasteiger partial charge in [-0.15, -0.1) is 0 Å². The van der Waals surface area contributed by atoms with E-state index in [2.05, 4.69) is 71.1 Å². The third-order valence-corrected chi connectivity index (χ3v) is 4.00. The number of nitrogens with zero attached hydrogens (tertiary/aromatic N) is 1. The largest absolute Gasteiger partial charge is 0.312 e. The molecule has 0 aliphatic carbocycles. The van der Waals surface area contributed by atoms with E-state index < -0.39 is 0 Å². The quantitative estimate of drug-likeness (QED) is 0.854. The van der Waals surface area contributed by atoms with Gasteiger partial charge in [0.1, 0.15) is 0 Å². The van der Waals surface area contributed by atoms with Gasteiger partial charge in [-0.25, -0.2) is 0 Å². The molecule has 2 aromatic rings. The molecule has 1 aromatic heterocycles. The van der Waals surface area contributed by atoms with Gasteiger partial charge in [0.25, 0.3) is 0 Å². The Morgan fingerprint density at radius 2 is 1.86 bits per heavy atom. The lowest BCUT2D eigenvalue weighted by molar-refractivity contribution is 0.548. The van der Waals surface area contributed by atoms with Crippen LogP contribution in [0.4, 0.5) is 0 Å². The molecule has 0 aliphatic rings. The monoisotopic (exact) mass is 298 g/mol. The third-order valence-electron chi connectivity index (χ3n) is 4.00. The zero-order valence-corrected chi connectivity index (χ0v) is 15.0. The summed E-state index contributed by atoms with van der Waals surface area (Å²) in [6, 6.07) is 8.97. The normalized spacial score (nSPS) is 12.3. The first-order valence-electron chi connectivity index (χ1n) is 8.45. The van der Waals surface area contributed by atoms with Crippen LogP contribution in [0.5, 0.6) is 0 Å². The molecule has 0 fully saturated rings. The second-order valence-electron chi connectivity index (χ2n) is 7.65. The van der Waals surface area contributed by atoms with Crippen LogP contribution in [0.1, 0.15) is 58.4 Å². The van der Waals surface area contributed by atoms with Gasteiger partial charge in [0, 0.05) is 23.0 Å². The molecular formula is C20H30N2. The minimum Gasteiger partial charge on any atom is -0.312 e. The average Bonchev–Trinajstić information content (AvgIpc) is 2.45. The van der Waals surface area contributed by atoms with Crippen molar-refractivity contribution >= 4 is 10.9 Å². The fourth-order valence-electron chi connectivity index (χ4n) is 2.59. The molecule has 0 spiro atoms. The van der Waals surface area contributed by atoms with Gasteiger partial charge in [0.15, 0.2) is 0 Å². The Kier molecular flexibility index (Phi) is 5.23. The summed E-state index contributed by atoms with van der Waals surface area (Å²) in [6.07, 6.45) is 1.07. The van der Waals surface area contributed by atoms with Crippen molar-refractivity contribution in [1.29, 1.82) is 0 Å². The maximum absolute atomic E-state index is 4.90. The number of hydrogen-bond acceptors (Lipinski definition) is 2. The molecule has 0 unspecified atom stereocenters. The first-order chi connectivity index (χ1) is 10.3. The first kappa shape index (κ1) is 17.0. The van der Waals surface area contributed by atoms with Crippen molar-refractivity contribution in [2.75, 3.05) is 6.54 Å². The Morgan fingerprint density at radius 1 is 1.14 bits per heavy atom. The lowest BCUT2D eigenvalue weighted by Gasteiger charge is -2.21. The molecule has 2 heteroatoms. The Bertz CT molecular complexity index is 636. The molecule has 0 radical (unpaired) electrons. The predicted molar refractivity (Wildman–Crippen MR) is 96.4 cm³/mol. The molecule has 0 aliphatic heterocycles. The fourth-order valence-corrected chi connectivity index (χ4v) is 2.59. The SMILES string of the molecule is CCc1ccc2nc(C(C)(C)C)cc(CNCC(C)C)c2c1. The lowest BCUT2D eigenvalue weighted by Crippen LogP contribution is -2.20. The smallest absolute Gasteiger partial charge is 0.0709 e. The highest BCUT2D eigenvalue weighted by Crippen LogP contribution is 2.27. The van der Waals surface area contributed by atoms with E-state index >= 15 is 0 Å². The summed E-state index contributed by atoms with van der Waals surface area (Å²) in [5.74, 6) is 0.668. The van der Waals surface area contributed by atoms with Crippen molar-refractivity contribution in [3.63, 3.8) is 0 Å². The van der Waals surface area contributed by atoms with Crippen molar-refractivity contribution < 1.29 is 0 Å². The van der Waals surface area contributed by atoms with Crippen LogP contribution < -0.4 is 5.32 Å². The molecule has 0 atom stereocenters. The number of rotatable bonds is 5. The van der Waals surface area contributed by atoms with Gasteiger partial charge in [0.05, 0.1) is 5.52 Å². The van der Waals surface area contributed by atoms with E-state index in [9.17, 15) is 0 Å². The summed E-state index contributed by atoms with van der Waals surface area (Å²) >= 11 is 0. The molecule has 2 rings (SSSR count). The van der Waals surface area contributed by atoms with Crippen LogP contribution >= 0.6 is 0 Å². The van der Waals surface area contributed by atoms with Gasteiger partial charge in [-0.05, 0) is 48.2 Å². The summed E-state index contributed by atoms with van der Waals surface area (Å²) in [7, 11) is 0. The first-order valence-corrected chi connectivity index (χ1v) is 8.45. The number of benzene rings is 1. The van der Waals surface area contributed by atoms with Gasteiger partial charge in [-0.1, -0.05) is 47.6 Å². The highest BCUT2D eigenvalue weighted by molar-refractivity contribution is 5.83. The Hall–Kier alpha value is -1.41. The van der Waals surface area contributed by atoms with E-state index in [-0.39, 0.29) is 5.41 Å². The predicted octanol–water partition coefficient (Wildman–Crippen LogP) is 4.84. The van der Waals surface area contributed by atoms with Gasteiger partial charge >= 0.3 is 0 Å². The van der Waals surface area contributed by atoms with Crippen molar-refractivity contribution in [2.45, 2.75) is 59.9 Å². The number of fused-ring (bicyclic) bond motifs is 1. The number of hydrogen-bond donors (Lipinski definition) is 1. The van der Waals surface area contributed by atoms with Crippen LogP contribution in [-0.4, -0.2) is 11.5 Å². The Balaban J connectivity index is 2.47. The summed E-state index contributed by atoms with van der Waals surface area (Å²) in [6.45, 7) is 15.3. The summed E-state index contributed by atoms with van der Waals surface area (Å²) < 4.78 is 0. The Morgan fingerprint density at radius 3 is 2.45 bits per heavy atom. The van der Waals surface area contributed by atoms with Crippen LogP contribution in [0.25, 0.3) is 10.9 Å². The highest BCUT2D eigenvalue weighted by atomic mass is 14.9. The molecule has 1 heterocycles. The second kappa shape index (κ2) is 6.78. The van der Waals surface area contributed by atoms with Gasteiger partial charge in [0.2, 0.25) is 0 Å². The van der Waals surface area contributed by atoms with Crippen LogP contribution in [0.3, 0.4) is 0 Å². The molecule has 120 valence electrons. The number of aryl methyl sites for hydroxylation is 1. The van der Waals surface area contributed by atoms with E-state index in [1.54, 1.807) is 0 Å². The molecule has 0 saturated heterocycles. The highest BCUT2D eigenvalue weighted by Gasteiger charge is 2.18. The van der Waals surface area contributed by atoms with E-state index in [4.69, 9.17) is 4.98 Å². The van der Waals surface area contributed by atoms with Gasteiger partial charge in [-0.2, -0.15) is 0 Å². The molecule has 0 amide bonds. The lowest BCUT2D eigenvalue weighted by atomic mass is 9.89. The van der Waals surface area contributed by atoms with Crippen LogP contribution in [0.15, 0.2) is 24.3 Å². The molecule has 2 nitrogen and oxygen atoms in total. The van der Waals surface area contributed by atoms with E-state index in [0.29, 0.717) is 5.92 Å². The van der Waals surface area contributed by atoms with Crippen LogP contribution in [0, 0.1) is 5.92 Å².